The fourth-order valence-electron chi connectivity index (χ4n) is 4.17. The van der Waals surface area contributed by atoms with E-state index in [-0.39, 0.29) is 23.8 Å². The molecule has 2 fully saturated rings. The van der Waals surface area contributed by atoms with E-state index in [2.05, 4.69) is 60.8 Å². The van der Waals surface area contributed by atoms with Crippen LogP contribution in [-0.4, -0.2) is 49.1 Å². The molecule has 29 heavy (non-hydrogen) atoms. The van der Waals surface area contributed by atoms with Gasteiger partial charge >= 0.3 is 0 Å². The zero-order valence-electron chi connectivity index (χ0n) is 16.9. The van der Waals surface area contributed by atoms with Crippen molar-refractivity contribution in [3.63, 3.8) is 0 Å². The second-order valence-corrected chi connectivity index (χ2v) is 8.04. The van der Waals surface area contributed by atoms with E-state index in [4.69, 9.17) is 4.74 Å². The highest BCUT2D eigenvalue weighted by Crippen LogP contribution is 2.23. The van der Waals surface area contributed by atoms with Gasteiger partial charge in [0.25, 0.3) is 5.91 Å². The molecule has 2 aromatic carbocycles. The minimum atomic E-state index is -0.336. The molecular weight excluding hydrogens is 364 g/mol. The van der Waals surface area contributed by atoms with E-state index >= 15 is 0 Å². The third kappa shape index (κ3) is 4.67. The van der Waals surface area contributed by atoms with Crippen LogP contribution in [0.3, 0.4) is 0 Å². The third-order valence-corrected chi connectivity index (χ3v) is 5.80. The van der Waals surface area contributed by atoms with Crippen LogP contribution < -0.4 is 5.32 Å². The molecule has 2 aliphatic heterocycles. The molecule has 2 aliphatic rings. The fraction of sp³-hybridized carbons (Fsp3) is 0.417. The maximum absolute atomic E-state index is 12.7. The van der Waals surface area contributed by atoms with Gasteiger partial charge in [-0.25, -0.2) is 0 Å². The van der Waals surface area contributed by atoms with Gasteiger partial charge in [-0.05, 0) is 42.9 Å². The van der Waals surface area contributed by atoms with Crippen molar-refractivity contribution in [3.8, 4) is 11.1 Å². The maximum atomic E-state index is 12.7. The van der Waals surface area contributed by atoms with Crippen molar-refractivity contribution >= 4 is 11.8 Å². The van der Waals surface area contributed by atoms with Crippen LogP contribution in [0.1, 0.15) is 24.0 Å². The summed E-state index contributed by atoms with van der Waals surface area (Å²) in [4.78, 5) is 27.1. The van der Waals surface area contributed by atoms with Crippen LogP contribution in [0.4, 0.5) is 0 Å². The van der Waals surface area contributed by atoms with E-state index in [1.54, 1.807) is 4.90 Å². The average molecular weight is 392 g/mol. The summed E-state index contributed by atoms with van der Waals surface area (Å²) in [6.07, 6.45) is 1.99. The van der Waals surface area contributed by atoms with Crippen molar-refractivity contribution < 1.29 is 14.3 Å². The lowest BCUT2D eigenvalue weighted by Gasteiger charge is -2.25. The number of aryl methyl sites for hydroxylation is 1. The normalized spacial score (nSPS) is 22.2. The zero-order valence-corrected chi connectivity index (χ0v) is 16.9. The molecule has 2 amide bonds. The van der Waals surface area contributed by atoms with E-state index in [1.807, 2.05) is 0 Å². The number of rotatable bonds is 4. The maximum Gasteiger partial charge on any atom is 0.251 e. The van der Waals surface area contributed by atoms with Gasteiger partial charge in [-0.3, -0.25) is 9.59 Å². The second kappa shape index (κ2) is 8.78. The number of hydrogen-bond acceptors (Lipinski definition) is 3. The first-order valence-electron chi connectivity index (χ1n) is 10.4. The van der Waals surface area contributed by atoms with Crippen LogP contribution >= 0.6 is 0 Å². The summed E-state index contributed by atoms with van der Waals surface area (Å²) in [5.41, 5.74) is 4.70. The largest absolute Gasteiger partial charge is 0.368 e. The second-order valence-electron chi connectivity index (χ2n) is 8.04. The van der Waals surface area contributed by atoms with Gasteiger partial charge in [0.1, 0.15) is 6.10 Å². The highest BCUT2D eigenvalue weighted by Gasteiger charge is 2.33. The quantitative estimate of drug-likeness (QED) is 0.870. The lowest BCUT2D eigenvalue weighted by molar-refractivity contribution is -0.141. The number of hydrogen-bond donors (Lipinski definition) is 1. The number of benzene rings is 2. The van der Waals surface area contributed by atoms with Crippen molar-refractivity contribution in [1.82, 2.24) is 10.2 Å². The molecule has 2 heterocycles. The molecule has 0 saturated carbocycles. The first-order chi connectivity index (χ1) is 14.1. The highest BCUT2D eigenvalue weighted by atomic mass is 16.5. The Labute approximate surface area is 172 Å². The zero-order chi connectivity index (χ0) is 20.2. The van der Waals surface area contributed by atoms with Crippen molar-refractivity contribution in [2.45, 2.75) is 32.3 Å². The third-order valence-electron chi connectivity index (χ3n) is 5.80. The molecular formula is C24H28N2O3. The Morgan fingerprint density at radius 2 is 2.00 bits per heavy atom. The van der Waals surface area contributed by atoms with Gasteiger partial charge in [0.2, 0.25) is 5.91 Å². The predicted molar refractivity (Wildman–Crippen MR) is 112 cm³/mol. The van der Waals surface area contributed by atoms with Gasteiger partial charge < -0.3 is 15.0 Å². The Morgan fingerprint density at radius 3 is 2.72 bits per heavy atom. The first kappa shape index (κ1) is 19.6. The Bertz CT molecular complexity index is 872. The molecule has 2 unspecified atom stereocenters. The molecule has 5 heteroatoms. The molecule has 0 aliphatic carbocycles. The minimum Gasteiger partial charge on any atom is -0.368 e. The number of amides is 2. The Kier molecular flexibility index (Phi) is 5.95. The van der Waals surface area contributed by atoms with Crippen molar-refractivity contribution in [1.29, 1.82) is 0 Å². The summed E-state index contributed by atoms with van der Waals surface area (Å²) in [6, 6.07) is 16.8. The number of nitrogens with zero attached hydrogens (tertiary/aromatic N) is 1. The molecule has 2 saturated heterocycles. The van der Waals surface area contributed by atoms with Crippen molar-refractivity contribution in [2.24, 2.45) is 5.92 Å². The number of carbonyl (C=O) groups excluding carboxylic acids is 2. The Balaban J connectivity index is 1.45. The highest BCUT2D eigenvalue weighted by molar-refractivity contribution is 5.84. The van der Waals surface area contributed by atoms with Crippen molar-refractivity contribution in [3.05, 3.63) is 59.7 Å². The topological polar surface area (TPSA) is 58.6 Å². The summed E-state index contributed by atoms with van der Waals surface area (Å²) in [5, 5.41) is 2.96. The lowest BCUT2D eigenvalue weighted by atomic mass is 9.95. The summed E-state index contributed by atoms with van der Waals surface area (Å²) < 4.78 is 5.56. The Morgan fingerprint density at radius 1 is 1.17 bits per heavy atom. The first-order valence-corrected chi connectivity index (χ1v) is 10.4. The van der Waals surface area contributed by atoms with E-state index in [9.17, 15) is 9.59 Å². The van der Waals surface area contributed by atoms with Crippen LogP contribution in [0.25, 0.3) is 11.1 Å². The van der Waals surface area contributed by atoms with Crippen LogP contribution in [0.15, 0.2) is 48.5 Å². The number of ether oxygens (including phenoxy) is 1. The molecule has 152 valence electrons. The van der Waals surface area contributed by atoms with E-state index in [0.717, 1.165) is 24.0 Å². The van der Waals surface area contributed by atoms with Crippen molar-refractivity contribution in [2.75, 3.05) is 26.2 Å². The van der Waals surface area contributed by atoms with E-state index < -0.39 is 0 Å². The molecule has 0 radical (unpaired) electrons. The molecule has 0 bridgehead atoms. The van der Waals surface area contributed by atoms with Gasteiger partial charge in [-0.2, -0.15) is 0 Å². The summed E-state index contributed by atoms with van der Waals surface area (Å²) in [5.74, 6) is -0.193. The van der Waals surface area contributed by atoms with Gasteiger partial charge in [0, 0.05) is 26.2 Å². The molecule has 0 spiro atoms. The standard InChI is InChI=1S/C24H28N2O3/c1-17-4-2-5-20(14-17)19-9-7-18(8-10-19)15-21-16-26(12-11-25-23(21)27)24(28)22-6-3-13-29-22/h2,4-5,7-10,14,21-22H,3,6,11-13,15-16H2,1H3,(H,25,27). The number of nitrogens with one attached hydrogen (secondary N) is 1. The molecule has 0 aromatic heterocycles. The van der Waals surface area contributed by atoms with Crippen LogP contribution in [0.2, 0.25) is 0 Å². The summed E-state index contributed by atoms with van der Waals surface area (Å²) in [7, 11) is 0. The molecule has 2 atom stereocenters. The number of carbonyl (C=O) groups is 2. The van der Waals surface area contributed by atoms with Gasteiger partial charge in [-0.1, -0.05) is 54.1 Å². The monoisotopic (exact) mass is 392 g/mol. The van der Waals surface area contributed by atoms with Crippen LogP contribution in [0, 0.1) is 12.8 Å². The lowest BCUT2D eigenvalue weighted by Crippen LogP contribution is -2.42. The predicted octanol–water partition coefficient (Wildman–Crippen LogP) is 2.96. The molecule has 5 nitrogen and oxygen atoms in total. The fourth-order valence-corrected chi connectivity index (χ4v) is 4.17. The van der Waals surface area contributed by atoms with Gasteiger partial charge in [0.15, 0.2) is 0 Å². The summed E-state index contributed by atoms with van der Waals surface area (Å²) in [6.45, 7) is 4.24. The molecule has 2 aromatic rings. The van der Waals surface area contributed by atoms with Crippen LogP contribution in [0.5, 0.6) is 0 Å². The van der Waals surface area contributed by atoms with E-state index in [1.165, 1.54) is 11.1 Å². The van der Waals surface area contributed by atoms with E-state index in [0.29, 0.717) is 32.7 Å². The molecule has 1 N–H and O–H groups in total. The van der Waals surface area contributed by atoms with Crippen LogP contribution in [-0.2, 0) is 20.7 Å². The SMILES string of the molecule is Cc1cccc(-c2ccc(CC3CN(C(=O)C4CCCO4)CCNC3=O)cc2)c1. The van der Waals surface area contributed by atoms with Gasteiger partial charge in [-0.15, -0.1) is 0 Å². The Hall–Kier alpha value is -2.66. The molecule has 4 rings (SSSR count). The minimum absolute atomic E-state index is 0.0235. The summed E-state index contributed by atoms with van der Waals surface area (Å²) >= 11 is 0. The smallest absolute Gasteiger partial charge is 0.251 e. The average Bonchev–Trinajstić information content (AvgIpc) is 3.21. The van der Waals surface area contributed by atoms with Gasteiger partial charge in [0.05, 0.1) is 5.92 Å².